The molecular weight excluding hydrogens is 605 g/mol. The zero-order chi connectivity index (χ0) is 32.3. The molecule has 0 spiro atoms. The second-order valence-corrected chi connectivity index (χ2v) is 10.5. The molecule has 15 heteroatoms. The number of hydrogen-bond acceptors (Lipinski definition) is 10. The molecule has 46 heavy (non-hydrogen) atoms. The van der Waals surface area contributed by atoms with Gasteiger partial charge in [0.25, 0.3) is 5.91 Å². The van der Waals surface area contributed by atoms with E-state index in [0.29, 0.717) is 52.3 Å². The number of aliphatic hydroxyl groups excluding tert-OH is 1. The zero-order valence-electron chi connectivity index (χ0n) is 24.6. The molecule has 1 atom stereocenters. The van der Waals surface area contributed by atoms with E-state index in [2.05, 4.69) is 35.6 Å². The smallest absolute Gasteiger partial charge is 0.420 e. The molecule has 6 rings (SSSR count). The Balaban J connectivity index is 1.26. The number of alkyl halides is 3. The minimum atomic E-state index is -4.80. The number of hydrogen-bond donors (Lipinski definition) is 3. The topological polar surface area (TPSA) is 149 Å². The number of aromatic nitrogens is 6. The van der Waals surface area contributed by atoms with Crippen molar-refractivity contribution in [1.82, 2.24) is 29.5 Å². The van der Waals surface area contributed by atoms with E-state index in [1.54, 1.807) is 36.8 Å². The number of carbonyl (C=O) groups is 1. The van der Waals surface area contributed by atoms with Crippen LogP contribution in [-0.4, -0.2) is 60.3 Å². The van der Waals surface area contributed by atoms with Gasteiger partial charge in [0.1, 0.15) is 53.2 Å². The van der Waals surface area contributed by atoms with E-state index < -0.39 is 35.7 Å². The molecule has 5 heterocycles. The summed E-state index contributed by atoms with van der Waals surface area (Å²) in [6, 6.07) is 9.25. The van der Waals surface area contributed by atoms with E-state index in [-0.39, 0.29) is 12.8 Å². The Bertz CT molecular complexity index is 1870. The van der Waals surface area contributed by atoms with Crippen molar-refractivity contribution < 1.29 is 32.5 Å². The zero-order valence-corrected chi connectivity index (χ0v) is 24.6. The summed E-state index contributed by atoms with van der Waals surface area (Å²) in [5, 5.41) is 14.8. The van der Waals surface area contributed by atoms with Crippen LogP contribution in [0.2, 0.25) is 0 Å². The minimum absolute atomic E-state index is 0.152. The highest BCUT2D eigenvalue weighted by Gasteiger charge is 2.36. The van der Waals surface area contributed by atoms with Crippen LogP contribution in [-0.2, 0) is 10.9 Å². The van der Waals surface area contributed by atoms with Crippen LogP contribution < -0.4 is 15.4 Å². The fourth-order valence-corrected chi connectivity index (χ4v) is 5.12. The van der Waals surface area contributed by atoms with E-state index in [1.807, 2.05) is 17.6 Å². The van der Waals surface area contributed by atoms with Gasteiger partial charge in [-0.25, -0.2) is 24.9 Å². The van der Waals surface area contributed by atoms with Gasteiger partial charge >= 0.3 is 6.18 Å². The molecule has 1 amide bonds. The summed E-state index contributed by atoms with van der Waals surface area (Å²) in [4.78, 5) is 35.0. The Hall–Kier alpha value is -5.15. The Labute approximate surface area is 260 Å². The van der Waals surface area contributed by atoms with Crippen LogP contribution in [0, 0.1) is 6.92 Å². The van der Waals surface area contributed by atoms with Gasteiger partial charge in [0, 0.05) is 29.7 Å². The average Bonchev–Trinajstić information content (AvgIpc) is 3.50. The van der Waals surface area contributed by atoms with Gasteiger partial charge < -0.3 is 25.2 Å². The van der Waals surface area contributed by atoms with Gasteiger partial charge in [0.2, 0.25) is 0 Å². The maximum absolute atomic E-state index is 13.6. The van der Waals surface area contributed by atoms with Crippen LogP contribution in [0.4, 0.5) is 30.4 Å². The number of nitrogens with one attached hydrogen (secondary N) is 2. The number of ether oxygens (including phenoxy) is 2. The third kappa shape index (κ3) is 6.46. The van der Waals surface area contributed by atoms with E-state index in [9.17, 15) is 18.0 Å². The van der Waals surface area contributed by atoms with Gasteiger partial charge in [-0.3, -0.25) is 9.36 Å². The Morgan fingerprint density at radius 3 is 2.78 bits per heavy atom. The number of nitrogens with zero attached hydrogens (tertiary/aromatic N) is 6. The lowest BCUT2D eigenvalue weighted by atomic mass is 10.1. The normalized spacial score (nSPS) is 15.1. The molecule has 3 N–H and O–H groups in total. The first-order valence-corrected chi connectivity index (χ1v) is 14.5. The number of halogens is 3. The van der Waals surface area contributed by atoms with Crippen molar-refractivity contribution in [2.45, 2.75) is 38.6 Å². The predicted molar refractivity (Wildman–Crippen MR) is 162 cm³/mol. The van der Waals surface area contributed by atoms with Crippen molar-refractivity contribution in [3.05, 3.63) is 78.3 Å². The molecule has 4 aromatic heterocycles. The fraction of sp³-hybridized carbons (Fsp3) is 0.290. The number of fused-ring (bicyclic) bond motifs is 1. The highest BCUT2D eigenvalue weighted by Crippen LogP contribution is 2.37. The molecule has 0 aliphatic carbocycles. The lowest BCUT2D eigenvalue weighted by molar-refractivity contribution is -0.139. The van der Waals surface area contributed by atoms with Crippen molar-refractivity contribution in [2.24, 2.45) is 0 Å². The van der Waals surface area contributed by atoms with Crippen molar-refractivity contribution in [3.63, 3.8) is 0 Å². The second-order valence-electron chi connectivity index (χ2n) is 10.5. The molecule has 238 valence electrons. The van der Waals surface area contributed by atoms with Gasteiger partial charge in [-0.15, -0.1) is 0 Å². The number of amides is 1. The van der Waals surface area contributed by atoms with Gasteiger partial charge in [-0.2, -0.15) is 13.2 Å². The van der Waals surface area contributed by atoms with Gasteiger partial charge in [0.05, 0.1) is 19.1 Å². The monoisotopic (exact) mass is 634 g/mol. The Morgan fingerprint density at radius 2 is 2.00 bits per heavy atom. The standard InChI is InChI=1S/C31H29F3N8O4/c1-18-7-8-19(40-30(44)23-14-21(31(32,33)34)24(15-36-23)45-12-10-43)13-22(18)41-28-20(5-4-9-35-28)26-27-29(38-16-37-26)42(17-39-27)25-6-2-3-11-46-25/h4-5,7-9,13-17,25,43H,2-3,6,10-12H2,1H3,(H,35,41)(H,40,44). The van der Waals surface area contributed by atoms with E-state index in [0.717, 1.165) is 31.0 Å². The molecule has 1 fully saturated rings. The van der Waals surface area contributed by atoms with E-state index in [4.69, 9.17) is 14.6 Å². The molecular formula is C31H29F3N8O4. The maximum atomic E-state index is 13.6. The fourth-order valence-electron chi connectivity index (χ4n) is 5.12. The quantitative estimate of drug-likeness (QED) is 0.185. The summed E-state index contributed by atoms with van der Waals surface area (Å²) in [5.41, 5.74) is 2.52. The third-order valence-corrected chi connectivity index (χ3v) is 7.39. The summed E-state index contributed by atoms with van der Waals surface area (Å²) < 4.78 is 53.7. The highest BCUT2D eigenvalue weighted by molar-refractivity contribution is 6.03. The number of carbonyl (C=O) groups excluding carboxylic acids is 1. The van der Waals surface area contributed by atoms with Crippen LogP contribution in [0.3, 0.4) is 0 Å². The summed E-state index contributed by atoms with van der Waals surface area (Å²) in [6.07, 6.45) is 3.59. The lowest BCUT2D eigenvalue weighted by Crippen LogP contribution is -2.17. The summed E-state index contributed by atoms with van der Waals surface area (Å²) in [7, 11) is 0. The number of rotatable bonds is 9. The van der Waals surface area contributed by atoms with E-state index >= 15 is 0 Å². The largest absolute Gasteiger partial charge is 0.489 e. The molecule has 1 unspecified atom stereocenters. The van der Waals surface area contributed by atoms with Crippen molar-refractivity contribution in [3.8, 4) is 17.0 Å². The lowest BCUT2D eigenvalue weighted by Gasteiger charge is -2.23. The second kappa shape index (κ2) is 13.1. The predicted octanol–water partition coefficient (Wildman–Crippen LogP) is 5.68. The number of anilines is 3. The average molecular weight is 635 g/mol. The van der Waals surface area contributed by atoms with Gasteiger partial charge in [-0.05, 0) is 62.1 Å². The number of pyridine rings is 2. The summed E-state index contributed by atoms with van der Waals surface area (Å²) in [5.74, 6) is -0.970. The molecule has 0 bridgehead atoms. The molecule has 0 saturated carbocycles. The molecule has 1 aliphatic rings. The first-order chi connectivity index (χ1) is 22.2. The molecule has 12 nitrogen and oxygen atoms in total. The van der Waals surface area contributed by atoms with Crippen LogP contribution in [0.1, 0.15) is 47.1 Å². The molecule has 1 aromatic carbocycles. The van der Waals surface area contributed by atoms with Crippen LogP contribution in [0.5, 0.6) is 5.75 Å². The third-order valence-electron chi connectivity index (χ3n) is 7.39. The summed E-state index contributed by atoms with van der Waals surface area (Å²) in [6.45, 7) is 1.70. The minimum Gasteiger partial charge on any atom is -0.489 e. The Morgan fingerprint density at radius 1 is 1.13 bits per heavy atom. The van der Waals surface area contributed by atoms with Crippen LogP contribution >= 0.6 is 0 Å². The molecule has 1 aliphatic heterocycles. The highest BCUT2D eigenvalue weighted by atomic mass is 19.4. The molecule has 0 radical (unpaired) electrons. The van der Waals surface area contributed by atoms with Gasteiger partial charge in [0.15, 0.2) is 5.65 Å². The summed E-state index contributed by atoms with van der Waals surface area (Å²) >= 11 is 0. The van der Waals surface area contributed by atoms with Crippen LogP contribution in [0.25, 0.3) is 22.4 Å². The first-order valence-electron chi connectivity index (χ1n) is 14.5. The van der Waals surface area contributed by atoms with Crippen molar-refractivity contribution in [2.75, 3.05) is 30.5 Å². The maximum Gasteiger partial charge on any atom is 0.420 e. The van der Waals surface area contributed by atoms with E-state index in [1.165, 1.54) is 6.33 Å². The van der Waals surface area contributed by atoms with Crippen molar-refractivity contribution in [1.29, 1.82) is 0 Å². The first kappa shape index (κ1) is 30.9. The number of aryl methyl sites for hydroxylation is 1. The Kier molecular flexibility index (Phi) is 8.76. The molecule has 1 saturated heterocycles. The number of benzene rings is 1. The SMILES string of the molecule is Cc1ccc(NC(=O)c2cc(C(F)(F)F)c(OCCO)cn2)cc1Nc1ncccc1-c1ncnc2c1ncn2C1CCCCO1. The van der Waals surface area contributed by atoms with Gasteiger partial charge in [-0.1, -0.05) is 6.07 Å². The van der Waals surface area contributed by atoms with Crippen molar-refractivity contribution >= 4 is 34.3 Å². The molecule has 5 aromatic rings. The number of imidazole rings is 1. The van der Waals surface area contributed by atoms with Crippen LogP contribution in [0.15, 0.2) is 61.4 Å². The number of aliphatic hydroxyl groups is 1.